The van der Waals surface area contributed by atoms with Gasteiger partial charge in [-0.25, -0.2) is 4.79 Å². The number of likely N-dealkylation sites (tertiary alicyclic amines) is 1. The van der Waals surface area contributed by atoms with Crippen LogP contribution in [0.3, 0.4) is 0 Å². The van der Waals surface area contributed by atoms with Crippen LogP contribution in [0, 0.1) is 0 Å². The highest BCUT2D eigenvalue weighted by atomic mass is 16.5. The maximum absolute atomic E-state index is 12.5. The van der Waals surface area contributed by atoms with Crippen molar-refractivity contribution in [3.05, 3.63) is 40.8 Å². The zero-order valence-corrected chi connectivity index (χ0v) is 17.0. The summed E-state index contributed by atoms with van der Waals surface area (Å²) in [5.41, 5.74) is 0.172. The minimum absolute atomic E-state index is 0.0430. The lowest BCUT2D eigenvalue weighted by molar-refractivity contribution is -0.124. The smallest absolute Gasteiger partial charge is 0.336 e. The van der Waals surface area contributed by atoms with Crippen molar-refractivity contribution >= 4 is 16.9 Å². The summed E-state index contributed by atoms with van der Waals surface area (Å²) in [5.74, 6) is 0.409. The van der Waals surface area contributed by atoms with Gasteiger partial charge in [0.15, 0.2) is 6.61 Å². The van der Waals surface area contributed by atoms with E-state index in [1.54, 1.807) is 18.2 Å². The van der Waals surface area contributed by atoms with Crippen molar-refractivity contribution in [3.8, 4) is 5.75 Å². The Hall–Kier alpha value is -2.34. The first kappa shape index (κ1) is 20.0. The van der Waals surface area contributed by atoms with E-state index in [2.05, 4.69) is 10.2 Å². The summed E-state index contributed by atoms with van der Waals surface area (Å²) in [6.45, 7) is 2.95. The fourth-order valence-corrected chi connectivity index (χ4v) is 4.78. The van der Waals surface area contributed by atoms with Gasteiger partial charge in [0.2, 0.25) is 0 Å². The molecule has 2 aliphatic rings. The van der Waals surface area contributed by atoms with Crippen molar-refractivity contribution in [2.24, 2.45) is 0 Å². The van der Waals surface area contributed by atoms with Crippen LogP contribution in [0.15, 0.2) is 39.5 Å². The predicted molar refractivity (Wildman–Crippen MR) is 112 cm³/mol. The van der Waals surface area contributed by atoms with Crippen molar-refractivity contribution in [2.75, 3.05) is 26.2 Å². The largest absolute Gasteiger partial charge is 0.484 e. The monoisotopic (exact) mass is 398 g/mol. The maximum Gasteiger partial charge on any atom is 0.336 e. The molecule has 29 heavy (non-hydrogen) atoms. The van der Waals surface area contributed by atoms with E-state index in [0.717, 1.165) is 31.3 Å². The second kappa shape index (κ2) is 8.99. The molecule has 1 N–H and O–H groups in total. The fraction of sp³-hybridized carbons (Fsp3) is 0.565. The third-order valence-corrected chi connectivity index (χ3v) is 6.39. The van der Waals surface area contributed by atoms with Gasteiger partial charge in [-0.3, -0.25) is 9.69 Å². The summed E-state index contributed by atoms with van der Waals surface area (Å²) in [7, 11) is 0. The van der Waals surface area contributed by atoms with Crippen LogP contribution in [0.25, 0.3) is 11.0 Å². The van der Waals surface area contributed by atoms with Crippen LogP contribution in [0.1, 0.15) is 51.4 Å². The Labute approximate surface area is 171 Å². The van der Waals surface area contributed by atoms with E-state index in [4.69, 9.17) is 9.15 Å². The van der Waals surface area contributed by atoms with Gasteiger partial charge in [0.1, 0.15) is 11.3 Å². The maximum atomic E-state index is 12.5. The standard InChI is InChI=1S/C23H30N2O4/c26-21(16-28-19-9-7-18-8-10-22(27)29-20(18)15-19)24-17-23(11-3-1-4-12-23)25-13-5-2-6-14-25/h7-10,15H,1-6,11-14,16-17H2,(H,24,26). The van der Waals surface area contributed by atoms with Gasteiger partial charge in [0, 0.05) is 29.6 Å². The Kier molecular flexibility index (Phi) is 6.19. The lowest BCUT2D eigenvalue weighted by Crippen LogP contribution is -2.58. The molecule has 156 valence electrons. The number of nitrogens with zero attached hydrogens (tertiary/aromatic N) is 1. The molecule has 0 radical (unpaired) electrons. The normalized spacial score (nSPS) is 19.7. The highest BCUT2D eigenvalue weighted by molar-refractivity contribution is 5.79. The Bertz CT molecular complexity index is 895. The van der Waals surface area contributed by atoms with E-state index < -0.39 is 5.63 Å². The van der Waals surface area contributed by atoms with Gasteiger partial charge in [-0.05, 0) is 57.0 Å². The van der Waals surface area contributed by atoms with Crippen LogP contribution in [-0.4, -0.2) is 42.6 Å². The van der Waals surface area contributed by atoms with Gasteiger partial charge in [-0.15, -0.1) is 0 Å². The summed E-state index contributed by atoms with van der Waals surface area (Å²) in [5, 5.41) is 3.95. The molecule has 1 saturated heterocycles. The van der Waals surface area contributed by atoms with Gasteiger partial charge in [-0.1, -0.05) is 25.7 Å². The number of benzene rings is 1. The number of fused-ring (bicyclic) bond motifs is 1. The second-order valence-electron chi connectivity index (χ2n) is 8.35. The number of carbonyl (C=O) groups excluding carboxylic acids is 1. The Morgan fingerprint density at radius 3 is 2.55 bits per heavy atom. The van der Waals surface area contributed by atoms with E-state index in [9.17, 15) is 9.59 Å². The van der Waals surface area contributed by atoms with Crippen LogP contribution in [0.5, 0.6) is 5.75 Å². The number of carbonyl (C=O) groups is 1. The zero-order chi connectivity index (χ0) is 20.1. The molecule has 0 atom stereocenters. The molecular formula is C23H30N2O4. The van der Waals surface area contributed by atoms with Crippen LogP contribution < -0.4 is 15.7 Å². The Morgan fingerprint density at radius 2 is 1.76 bits per heavy atom. The van der Waals surface area contributed by atoms with Crippen molar-refractivity contribution < 1.29 is 13.9 Å². The molecule has 0 bridgehead atoms. The molecule has 1 aliphatic carbocycles. The molecule has 1 saturated carbocycles. The Balaban J connectivity index is 1.34. The summed E-state index contributed by atoms with van der Waals surface area (Å²) < 4.78 is 10.8. The molecule has 2 heterocycles. The SMILES string of the molecule is O=C(COc1ccc2ccc(=O)oc2c1)NCC1(N2CCCCC2)CCCCC1. The van der Waals surface area contributed by atoms with Crippen LogP contribution in [0.4, 0.5) is 0 Å². The van der Waals surface area contributed by atoms with Crippen molar-refractivity contribution in [1.82, 2.24) is 10.2 Å². The average molecular weight is 399 g/mol. The number of hydrogen-bond donors (Lipinski definition) is 1. The molecule has 1 aromatic carbocycles. The van der Waals surface area contributed by atoms with E-state index in [1.807, 2.05) is 6.07 Å². The lowest BCUT2D eigenvalue weighted by Gasteiger charge is -2.48. The highest BCUT2D eigenvalue weighted by Gasteiger charge is 2.38. The summed E-state index contributed by atoms with van der Waals surface area (Å²) in [6, 6.07) is 8.35. The van der Waals surface area contributed by atoms with Gasteiger partial charge in [0.25, 0.3) is 5.91 Å². The molecule has 2 fully saturated rings. The summed E-state index contributed by atoms with van der Waals surface area (Å²) >= 11 is 0. The van der Waals surface area contributed by atoms with Crippen molar-refractivity contribution in [1.29, 1.82) is 0 Å². The van der Waals surface area contributed by atoms with Crippen molar-refractivity contribution in [3.63, 3.8) is 0 Å². The minimum atomic E-state index is -0.400. The molecule has 0 unspecified atom stereocenters. The number of piperidine rings is 1. The first-order chi connectivity index (χ1) is 14.1. The molecule has 6 heteroatoms. The number of hydrogen-bond acceptors (Lipinski definition) is 5. The van der Waals surface area contributed by atoms with Crippen LogP contribution in [-0.2, 0) is 4.79 Å². The van der Waals surface area contributed by atoms with Crippen LogP contribution >= 0.6 is 0 Å². The topological polar surface area (TPSA) is 71.8 Å². The number of amides is 1. The molecule has 1 aliphatic heterocycles. The van der Waals surface area contributed by atoms with Gasteiger partial charge < -0.3 is 14.5 Å². The first-order valence-electron chi connectivity index (χ1n) is 10.8. The minimum Gasteiger partial charge on any atom is -0.484 e. The molecular weight excluding hydrogens is 368 g/mol. The quantitative estimate of drug-likeness (QED) is 0.755. The number of nitrogens with one attached hydrogen (secondary N) is 1. The molecule has 2 aromatic rings. The van der Waals surface area contributed by atoms with Crippen molar-refractivity contribution in [2.45, 2.75) is 56.9 Å². The van der Waals surface area contributed by atoms with E-state index in [0.29, 0.717) is 17.9 Å². The zero-order valence-electron chi connectivity index (χ0n) is 17.0. The molecule has 4 rings (SSSR count). The number of rotatable bonds is 6. The molecule has 6 nitrogen and oxygen atoms in total. The third-order valence-electron chi connectivity index (χ3n) is 6.39. The summed E-state index contributed by atoms with van der Waals surface area (Å²) in [6.07, 6.45) is 9.95. The first-order valence-corrected chi connectivity index (χ1v) is 10.8. The number of ether oxygens (including phenoxy) is 1. The van der Waals surface area contributed by atoms with Crippen LogP contribution in [0.2, 0.25) is 0 Å². The fourth-order valence-electron chi connectivity index (χ4n) is 4.78. The molecule has 0 spiro atoms. The van der Waals surface area contributed by atoms with Gasteiger partial charge in [0.05, 0.1) is 0 Å². The average Bonchev–Trinajstić information content (AvgIpc) is 2.77. The lowest BCUT2D eigenvalue weighted by atomic mass is 9.79. The van der Waals surface area contributed by atoms with E-state index in [1.165, 1.54) is 44.6 Å². The second-order valence-corrected chi connectivity index (χ2v) is 8.35. The predicted octanol–water partition coefficient (Wildman–Crippen LogP) is 3.48. The van der Waals surface area contributed by atoms with Gasteiger partial charge in [-0.2, -0.15) is 0 Å². The van der Waals surface area contributed by atoms with E-state index >= 15 is 0 Å². The molecule has 1 amide bonds. The van der Waals surface area contributed by atoms with E-state index in [-0.39, 0.29) is 18.1 Å². The molecule has 1 aromatic heterocycles. The Morgan fingerprint density at radius 1 is 1.03 bits per heavy atom. The third kappa shape index (κ3) is 4.81. The highest BCUT2D eigenvalue weighted by Crippen LogP contribution is 2.35. The van der Waals surface area contributed by atoms with Gasteiger partial charge >= 0.3 is 5.63 Å². The summed E-state index contributed by atoms with van der Waals surface area (Å²) in [4.78, 5) is 26.5.